The lowest BCUT2D eigenvalue weighted by atomic mass is 10.0. The van der Waals surface area contributed by atoms with E-state index in [0.29, 0.717) is 0 Å². The molecule has 0 bridgehead atoms. The third-order valence-corrected chi connectivity index (χ3v) is 3.38. The Morgan fingerprint density at radius 3 is 2.21 bits per heavy atom. The first-order valence-electron chi connectivity index (χ1n) is 7.54. The second kappa shape index (κ2) is 8.57. The molecule has 126 valence electrons. The molecule has 0 aliphatic carbocycles. The van der Waals surface area contributed by atoms with Gasteiger partial charge in [-0.3, -0.25) is 0 Å². The van der Waals surface area contributed by atoms with Crippen molar-refractivity contribution in [1.29, 1.82) is 0 Å². The van der Waals surface area contributed by atoms with Crippen LogP contribution >= 0.6 is 0 Å². The molecule has 0 aliphatic rings. The number of ether oxygens (including phenoxy) is 2. The van der Waals surface area contributed by atoms with Crippen LogP contribution in [0.3, 0.4) is 0 Å². The summed E-state index contributed by atoms with van der Waals surface area (Å²) in [5, 5.41) is 2.66. The van der Waals surface area contributed by atoms with E-state index in [2.05, 4.69) is 5.32 Å². The van der Waals surface area contributed by atoms with Gasteiger partial charge in [0, 0.05) is 0 Å². The molecule has 0 fully saturated rings. The molecule has 0 saturated heterocycles. The minimum atomic E-state index is -0.907. The van der Waals surface area contributed by atoms with Crippen LogP contribution in [-0.4, -0.2) is 18.2 Å². The van der Waals surface area contributed by atoms with Crippen LogP contribution in [0, 0.1) is 0 Å². The van der Waals surface area contributed by atoms with E-state index in [9.17, 15) is 9.59 Å². The molecule has 2 atom stereocenters. The lowest BCUT2D eigenvalue weighted by Gasteiger charge is -2.24. The van der Waals surface area contributed by atoms with Crippen LogP contribution in [-0.2, 0) is 16.1 Å². The van der Waals surface area contributed by atoms with Gasteiger partial charge in [-0.1, -0.05) is 60.7 Å². The third-order valence-electron chi connectivity index (χ3n) is 3.38. The fourth-order valence-electron chi connectivity index (χ4n) is 2.25. The molecule has 3 N–H and O–H groups in total. The number of hydrogen-bond donors (Lipinski definition) is 2. The summed E-state index contributed by atoms with van der Waals surface area (Å²) >= 11 is 0. The van der Waals surface area contributed by atoms with E-state index in [1.165, 1.54) is 0 Å². The monoisotopic (exact) mass is 328 g/mol. The van der Waals surface area contributed by atoms with Gasteiger partial charge in [0.05, 0.1) is 6.04 Å². The van der Waals surface area contributed by atoms with E-state index in [0.717, 1.165) is 11.1 Å². The highest BCUT2D eigenvalue weighted by Crippen LogP contribution is 2.21. The first kappa shape index (κ1) is 17.3. The maximum absolute atomic E-state index is 11.9. The Labute approximate surface area is 140 Å². The number of carbonyl (C=O) groups is 2. The Morgan fingerprint density at radius 1 is 1.04 bits per heavy atom. The van der Waals surface area contributed by atoms with Gasteiger partial charge in [-0.15, -0.1) is 0 Å². The molecule has 1 unspecified atom stereocenters. The summed E-state index contributed by atoms with van der Waals surface area (Å²) in [5.74, 6) is 0. The molecule has 0 heterocycles. The first-order chi connectivity index (χ1) is 11.6. The fraction of sp³-hybridized carbons (Fsp3) is 0.222. The zero-order valence-corrected chi connectivity index (χ0v) is 13.3. The molecule has 24 heavy (non-hydrogen) atoms. The summed E-state index contributed by atoms with van der Waals surface area (Å²) in [4.78, 5) is 23.1. The smallest absolute Gasteiger partial charge is 0.407 e. The van der Waals surface area contributed by atoms with Crippen molar-refractivity contribution in [2.24, 2.45) is 5.73 Å². The van der Waals surface area contributed by atoms with Crippen molar-refractivity contribution in [1.82, 2.24) is 5.32 Å². The number of alkyl carbamates (subject to hydrolysis) is 1. The molecule has 0 aliphatic heterocycles. The number of nitrogens with one attached hydrogen (secondary N) is 1. The van der Waals surface area contributed by atoms with Crippen LogP contribution in [0.1, 0.15) is 24.2 Å². The Morgan fingerprint density at radius 2 is 1.62 bits per heavy atom. The summed E-state index contributed by atoms with van der Waals surface area (Å²) < 4.78 is 10.3. The average molecular weight is 328 g/mol. The highest BCUT2D eigenvalue weighted by atomic mass is 16.6. The Kier molecular flexibility index (Phi) is 6.19. The van der Waals surface area contributed by atoms with Gasteiger partial charge in [0.15, 0.2) is 0 Å². The Hall–Kier alpha value is -3.02. The molecular weight excluding hydrogens is 308 g/mol. The van der Waals surface area contributed by atoms with Gasteiger partial charge in [0.2, 0.25) is 0 Å². The molecular formula is C18H20N2O4. The van der Waals surface area contributed by atoms with Gasteiger partial charge in [-0.05, 0) is 18.1 Å². The molecule has 0 aromatic heterocycles. The lowest BCUT2D eigenvalue weighted by Crippen LogP contribution is -2.39. The summed E-state index contributed by atoms with van der Waals surface area (Å²) in [7, 11) is 0. The predicted octanol–water partition coefficient (Wildman–Crippen LogP) is 3.14. The maximum Gasteiger partial charge on any atom is 0.407 e. The summed E-state index contributed by atoms with van der Waals surface area (Å²) in [6.07, 6.45) is -2.21. The van der Waals surface area contributed by atoms with Crippen molar-refractivity contribution < 1.29 is 19.1 Å². The van der Waals surface area contributed by atoms with Gasteiger partial charge in [-0.25, -0.2) is 9.59 Å². The fourth-order valence-corrected chi connectivity index (χ4v) is 2.25. The number of carbonyl (C=O) groups excluding carboxylic acids is 2. The number of nitrogens with two attached hydrogens (primary N) is 1. The zero-order chi connectivity index (χ0) is 17.4. The molecule has 2 aromatic rings. The highest BCUT2D eigenvalue weighted by molar-refractivity contribution is 5.68. The number of benzene rings is 2. The number of amides is 2. The van der Waals surface area contributed by atoms with Crippen molar-refractivity contribution in [3.8, 4) is 0 Å². The van der Waals surface area contributed by atoms with Crippen molar-refractivity contribution >= 4 is 12.2 Å². The first-order valence-corrected chi connectivity index (χ1v) is 7.54. The van der Waals surface area contributed by atoms with Gasteiger partial charge in [-0.2, -0.15) is 0 Å². The van der Waals surface area contributed by atoms with Gasteiger partial charge < -0.3 is 20.5 Å². The van der Waals surface area contributed by atoms with E-state index >= 15 is 0 Å². The minimum Gasteiger partial charge on any atom is -0.445 e. The van der Waals surface area contributed by atoms with Gasteiger partial charge in [0.25, 0.3) is 0 Å². The maximum atomic E-state index is 11.9. The van der Waals surface area contributed by atoms with Gasteiger partial charge in [0.1, 0.15) is 12.7 Å². The van der Waals surface area contributed by atoms with Crippen LogP contribution < -0.4 is 11.1 Å². The highest BCUT2D eigenvalue weighted by Gasteiger charge is 2.24. The lowest BCUT2D eigenvalue weighted by molar-refractivity contribution is 0.0775. The molecule has 0 radical (unpaired) electrons. The number of primary amides is 1. The van der Waals surface area contributed by atoms with Crippen molar-refractivity contribution in [3.05, 3.63) is 71.8 Å². The van der Waals surface area contributed by atoms with Crippen molar-refractivity contribution in [3.63, 3.8) is 0 Å². The van der Waals surface area contributed by atoms with E-state index in [1.807, 2.05) is 48.5 Å². The summed E-state index contributed by atoms with van der Waals surface area (Å²) in [6, 6.07) is 17.9. The second-order valence-corrected chi connectivity index (χ2v) is 5.26. The largest absolute Gasteiger partial charge is 0.445 e. The minimum absolute atomic E-state index is 0.159. The van der Waals surface area contributed by atoms with Crippen LogP contribution in [0.15, 0.2) is 60.7 Å². The van der Waals surface area contributed by atoms with E-state index in [-0.39, 0.29) is 6.61 Å². The normalized spacial score (nSPS) is 12.7. The quantitative estimate of drug-likeness (QED) is 0.852. The second-order valence-electron chi connectivity index (χ2n) is 5.26. The molecule has 6 heteroatoms. The Bertz CT molecular complexity index is 661. The molecule has 0 saturated carbocycles. The van der Waals surface area contributed by atoms with E-state index < -0.39 is 24.3 Å². The van der Waals surface area contributed by atoms with E-state index in [4.69, 9.17) is 15.2 Å². The molecule has 2 amide bonds. The van der Waals surface area contributed by atoms with Crippen LogP contribution in [0.4, 0.5) is 9.59 Å². The van der Waals surface area contributed by atoms with Crippen molar-refractivity contribution in [2.45, 2.75) is 25.7 Å². The van der Waals surface area contributed by atoms with Gasteiger partial charge >= 0.3 is 12.2 Å². The molecule has 2 rings (SSSR count). The van der Waals surface area contributed by atoms with Crippen LogP contribution in [0.2, 0.25) is 0 Å². The average Bonchev–Trinajstić information content (AvgIpc) is 2.59. The molecule has 6 nitrogen and oxygen atoms in total. The summed E-state index contributed by atoms with van der Waals surface area (Å²) in [5.41, 5.74) is 6.74. The third kappa shape index (κ3) is 5.31. The number of rotatable bonds is 6. The standard InChI is InChI=1S/C18H20N2O4/c1-13(16(24-17(19)21)15-10-6-3-7-11-15)20-18(22)23-12-14-8-4-2-5-9-14/h2-11,13,16H,12H2,1H3,(H2,19,21)(H,20,22)/t13-,16?/m0/s1. The topological polar surface area (TPSA) is 90.7 Å². The molecule has 2 aromatic carbocycles. The molecule has 0 spiro atoms. The van der Waals surface area contributed by atoms with Crippen LogP contribution in [0.25, 0.3) is 0 Å². The zero-order valence-electron chi connectivity index (χ0n) is 13.3. The SMILES string of the molecule is C[C@H](NC(=O)OCc1ccccc1)C(OC(N)=O)c1ccccc1. The summed E-state index contributed by atoms with van der Waals surface area (Å²) in [6.45, 7) is 1.87. The Balaban J connectivity index is 1.95. The van der Waals surface area contributed by atoms with Crippen LogP contribution in [0.5, 0.6) is 0 Å². The van der Waals surface area contributed by atoms with E-state index in [1.54, 1.807) is 19.1 Å². The predicted molar refractivity (Wildman–Crippen MR) is 89.1 cm³/mol. The number of hydrogen-bond acceptors (Lipinski definition) is 4. The van der Waals surface area contributed by atoms with Crippen molar-refractivity contribution in [2.75, 3.05) is 0 Å².